The molecular weight excluding hydrogens is 520 g/mol. The van der Waals surface area contributed by atoms with E-state index in [1.807, 2.05) is 4.90 Å². The summed E-state index contributed by atoms with van der Waals surface area (Å²) < 4.78 is 16.8. The summed E-state index contributed by atoms with van der Waals surface area (Å²) in [5.41, 5.74) is 6.57. The number of benzene rings is 1. The van der Waals surface area contributed by atoms with Crippen molar-refractivity contribution in [1.82, 2.24) is 15.1 Å². The molecule has 2 amide bonds. The number of methoxy groups -OCH3 is 2. The van der Waals surface area contributed by atoms with E-state index in [0.29, 0.717) is 40.5 Å². The first kappa shape index (κ1) is 31.3. The number of carbonyl (C=O) groups is 2. The lowest BCUT2D eigenvalue weighted by Gasteiger charge is -2.40. The molecule has 1 unspecified atom stereocenters. The molecule has 0 radical (unpaired) electrons. The van der Waals surface area contributed by atoms with Crippen molar-refractivity contribution >= 4 is 29.3 Å². The van der Waals surface area contributed by atoms with E-state index >= 15 is 0 Å². The number of nitrogen functional groups attached to an aromatic ring is 1. The second-order valence-corrected chi connectivity index (χ2v) is 11.3. The number of hydrogen-bond acceptors (Lipinski definition) is 7. The van der Waals surface area contributed by atoms with E-state index in [1.165, 1.54) is 20.0 Å². The molecule has 220 valence electrons. The van der Waals surface area contributed by atoms with Gasteiger partial charge in [-0.05, 0) is 43.6 Å². The number of hydrogen-bond donors (Lipinski definition) is 2. The molecule has 3 N–H and O–H groups in total. The van der Waals surface area contributed by atoms with Crippen LogP contribution < -0.4 is 15.8 Å². The van der Waals surface area contributed by atoms with Crippen LogP contribution in [0.15, 0.2) is 12.1 Å². The fourth-order valence-corrected chi connectivity index (χ4v) is 5.72. The molecule has 3 atom stereocenters. The number of rotatable bonds is 12. The van der Waals surface area contributed by atoms with E-state index in [1.54, 1.807) is 19.2 Å². The Labute approximate surface area is 238 Å². The molecule has 3 rings (SSSR count). The number of halogens is 1. The molecule has 9 nitrogen and oxygen atoms in total. The zero-order valence-corrected chi connectivity index (χ0v) is 24.8. The van der Waals surface area contributed by atoms with Gasteiger partial charge in [0.25, 0.3) is 5.91 Å². The largest absolute Gasteiger partial charge is 0.496 e. The molecule has 2 fully saturated rings. The van der Waals surface area contributed by atoms with Gasteiger partial charge in [0.1, 0.15) is 5.75 Å². The second-order valence-electron chi connectivity index (χ2n) is 10.9. The molecule has 1 aromatic carbocycles. The van der Waals surface area contributed by atoms with Crippen molar-refractivity contribution < 1.29 is 23.8 Å². The molecule has 0 aliphatic carbocycles. The fourth-order valence-electron chi connectivity index (χ4n) is 5.55. The van der Waals surface area contributed by atoms with Crippen molar-refractivity contribution in [2.75, 3.05) is 59.3 Å². The van der Waals surface area contributed by atoms with Gasteiger partial charge >= 0.3 is 6.09 Å². The number of unbranched alkanes of at least 4 members (excludes halogenated alkanes) is 1. The maximum absolute atomic E-state index is 13.0. The minimum absolute atomic E-state index is 0.124. The Kier molecular flexibility index (Phi) is 12.5. The minimum Gasteiger partial charge on any atom is -0.496 e. The van der Waals surface area contributed by atoms with Crippen LogP contribution in [-0.4, -0.2) is 87.5 Å². The molecule has 10 heteroatoms. The summed E-state index contributed by atoms with van der Waals surface area (Å²) in [6, 6.07) is 2.98. The molecule has 39 heavy (non-hydrogen) atoms. The summed E-state index contributed by atoms with van der Waals surface area (Å²) in [6.07, 6.45) is 6.92. The van der Waals surface area contributed by atoms with Gasteiger partial charge in [0.05, 0.1) is 42.1 Å². The summed E-state index contributed by atoms with van der Waals surface area (Å²) in [7, 11) is 3.18. The maximum Gasteiger partial charge on any atom is 0.409 e. The number of amides is 2. The van der Waals surface area contributed by atoms with Crippen molar-refractivity contribution in [2.24, 2.45) is 11.8 Å². The number of likely N-dealkylation sites (tertiary alicyclic amines) is 2. The second kappa shape index (κ2) is 15.5. The van der Waals surface area contributed by atoms with Gasteiger partial charge < -0.3 is 35.1 Å². The topological polar surface area (TPSA) is 106 Å². The average molecular weight is 567 g/mol. The van der Waals surface area contributed by atoms with Gasteiger partial charge in [-0.1, -0.05) is 44.7 Å². The van der Waals surface area contributed by atoms with Gasteiger partial charge in [-0.25, -0.2) is 4.79 Å². The summed E-state index contributed by atoms with van der Waals surface area (Å²) in [6.45, 7) is 8.91. The summed E-state index contributed by atoms with van der Waals surface area (Å²) in [4.78, 5) is 29.9. The third-order valence-corrected chi connectivity index (χ3v) is 8.53. The van der Waals surface area contributed by atoms with Crippen LogP contribution in [0.5, 0.6) is 5.75 Å². The van der Waals surface area contributed by atoms with Gasteiger partial charge in [-0.2, -0.15) is 0 Å². The first-order chi connectivity index (χ1) is 18.8. The lowest BCUT2D eigenvalue weighted by atomic mass is 9.94. The summed E-state index contributed by atoms with van der Waals surface area (Å²) >= 11 is 6.15. The van der Waals surface area contributed by atoms with Gasteiger partial charge in [-0.15, -0.1) is 0 Å². The highest BCUT2D eigenvalue weighted by molar-refractivity contribution is 6.33. The van der Waals surface area contributed by atoms with Crippen molar-refractivity contribution in [1.29, 1.82) is 0 Å². The number of nitrogens with one attached hydrogen (secondary N) is 1. The van der Waals surface area contributed by atoms with Crippen LogP contribution in [0.25, 0.3) is 0 Å². The standard InChI is InChI=1S/C29H47ClN4O5/c1-5-7-8-20(6-2)19-39-29(36)34-13-9-21(10-14-34)17-33-12-11-25(27(18-33)38-4)32-28(35)22-15-23(30)24(31)16-26(22)37-3/h15-16,20-21,25,27H,5-14,17-19,31H2,1-4H3,(H,32,35)/t20?,25-,27+/m0/s1. The molecule has 1 aromatic rings. The van der Waals surface area contributed by atoms with Crippen molar-refractivity contribution in [3.8, 4) is 5.75 Å². The molecule has 2 aliphatic heterocycles. The number of anilines is 1. The van der Waals surface area contributed by atoms with Crippen molar-refractivity contribution in [2.45, 2.75) is 70.9 Å². The minimum atomic E-state index is -0.260. The van der Waals surface area contributed by atoms with Crippen molar-refractivity contribution in [3.63, 3.8) is 0 Å². The van der Waals surface area contributed by atoms with Crippen LogP contribution >= 0.6 is 11.6 Å². The Morgan fingerprint density at radius 3 is 2.54 bits per heavy atom. The van der Waals surface area contributed by atoms with Gasteiger partial charge in [0, 0.05) is 45.9 Å². The molecule has 2 saturated heterocycles. The Morgan fingerprint density at radius 1 is 1.15 bits per heavy atom. The third kappa shape index (κ3) is 8.88. The number of piperidine rings is 2. The molecule has 0 saturated carbocycles. The molecule has 2 aliphatic rings. The van der Waals surface area contributed by atoms with E-state index in [4.69, 9.17) is 31.5 Å². The van der Waals surface area contributed by atoms with E-state index in [9.17, 15) is 9.59 Å². The predicted octanol–water partition coefficient (Wildman–Crippen LogP) is 4.81. The zero-order chi connectivity index (χ0) is 28.4. The van der Waals surface area contributed by atoms with Crippen LogP contribution in [-0.2, 0) is 9.47 Å². The van der Waals surface area contributed by atoms with Crippen LogP contribution in [0.2, 0.25) is 5.02 Å². The first-order valence-electron chi connectivity index (χ1n) is 14.4. The van der Waals surface area contributed by atoms with E-state index in [-0.39, 0.29) is 24.1 Å². The van der Waals surface area contributed by atoms with Gasteiger partial charge in [-0.3, -0.25) is 4.79 Å². The molecule has 0 bridgehead atoms. The van der Waals surface area contributed by atoms with Crippen LogP contribution in [0.1, 0.15) is 69.2 Å². The summed E-state index contributed by atoms with van der Waals surface area (Å²) in [5.74, 6) is 1.10. The molecule has 0 spiro atoms. The van der Waals surface area contributed by atoms with Crippen LogP contribution in [0, 0.1) is 11.8 Å². The average Bonchev–Trinajstić information content (AvgIpc) is 2.95. The predicted molar refractivity (Wildman–Crippen MR) is 154 cm³/mol. The third-order valence-electron chi connectivity index (χ3n) is 8.20. The molecule has 0 aromatic heterocycles. The van der Waals surface area contributed by atoms with E-state index < -0.39 is 0 Å². The highest BCUT2D eigenvalue weighted by atomic mass is 35.5. The monoisotopic (exact) mass is 566 g/mol. The van der Waals surface area contributed by atoms with Crippen molar-refractivity contribution in [3.05, 3.63) is 22.7 Å². The SMILES string of the molecule is CCCCC(CC)COC(=O)N1CCC(CN2CC[C@H](NC(=O)c3cc(Cl)c(N)cc3OC)[C@H](OC)C2)CC1. The number of ether oxygens (including phenoxy) is 3. The Bertz CT molecular complexity index is 940. The highest BCUT2D eigenvalue weighted by Crippen LogP contribution is 2.29. The zero-order valence-electron chi connectivity index (χ0n) is 24.0. The lowest BCUT2D eigenvalue weighted by molar-refractivity contribution is -0.00161. The smallest absolute Gasteiger partial charge is 0.409 e. The van der Waals surface area contributed by atoms with Crippen LogP contribution in [0.4, 0.5) is 10.5 Å². The van der Waals surface area contributed by atoms with Gasteiger partial charge in [0.2, 0.25) is 0 Å². The van der Waals surface area contributed by atoms with E-state index in [0.717, 1.165) is 64.8 Å². The van der Waals surface area contributed by atoms with Crippen LogP contribution in [0.3, 0.4) is 0 Å². The Morgan fingerprint density at radius 2 is 1.90 bits per heavy atom. The maximum atomic E-state index is 13.0. The number of carbonyl (C=O) groups excluding carboxylic acids is 2. The lowest BCUT2D eigenvalue weighted by Crippen LogP contribution is -2.55. The number of nitrogens with two attached hydrogens (primary N) is 1. The fraction of sp³-hybridized carbons (Fsp3) is 0.724. The molecular formula is C29H47ClN4O5. The quantitative estimate of drug-likeness (QED) is 0.349. The summed E-state index contributed by atoms with van der Waals surface area (Å²) in [5, 5.41) is 3.42. The normalized spacial score (nSPS) is 21.4. The Hall–Kier alpha value is -2.23. The van der Waals surface area contributed by atoms with E-state index in [2.05, 4.69) is 24.1 Å². The highest BCUT2D eigenvalue weighted by Gasteiger charge is 2.33. The number of nitrogens with zero attached hydrogens (tertiary/aromatic N) is 2. The van der Waals surface area contributed by atoms with Gasteiger partial charge in [0.15, 0.2) is 0 Å². The Balaban J connectivity index is 1.44. The first-order valence-corrected chi connectivity index (χ1v) is 14.8. The molecule has 2 heterocycles.